The molecule has 0 radical (unpaired) electrons. The minimum absolute atomic E-state index is 0.168. The summed E-state index contributed by atoms with van der Waals surface area (Å²) in [5.41, 5.74) is 1.16. The summed E-state index contributed by atoms with van der Waals surface area (Å²) in [6, 6.07) is 4.49. The number of rotatable bonds is 5. The minimum atomic E-state index is 0.168. The van der Waals surface area contributed by atoms with E-state index in [0.29, 0.717) is 16.3 Å². The van der Waals surface area contributed by atoms with Gasteiger partial charge in [0.05, 0.1) is 11.6 Å². The Morgan fingerprint density at radius 1 is 1.45 bits per heavy atom. The lowest BCUT2D eigenvalue weighted by Crippen LogP contribution is -2.44. The van der Waals surface area contributed by atoms with Crippen LogP contribution >= 0.6 is 15.9 Å². The number of piperidine rings is 1. The van der Waals surface area contributed by atoms with Crippen LogP contribution in [-0.4, -0.2) is 43.3 Å². The van der Waals surface area contributed by atoms with Crippen LogP contribution in [0.4, 0.5) is 0 Å². The fourth-order valence-corrected chi connectivity index (χ4v) is 3.33. The molecule has 0 spiro atoms. The number of benzene rings is 1. The lowest BCUT2D eigenvalue weighted by atomic mass is 10.0. The highest BCUT2D eigenvalue weighted by molar-refractivity contribution is 9.10. The predicted molar refractivity (Wildman–Crippen MR) is 84.3 cm³/mol. The SMILES string of the molecule is CNCC1CCCCN1Cc1cc(Br)c(O)c(OC)c1. The van der Waals surface area contributed by atoms with E-state index in [1.807, 2.05) is 19.2 Å². The van der Waals surface area contributed by atoms with Gasteiger partial charge in [-0.2, -0.15) is 0 Å². The number of likely N-dealkylation sites (tertiary alicyclic amines) is 1. The van der Waals surface area contributed by atoms with E-state index in [4.69, 9.17) is 4.74 Å². The highest BCUT2D eigenvalue weighted by atomic mass is 79.9. The summed E-state index contributed by atoms with van der Waals surface area (Å²) < 4.78 is 5.91. The Bertz CT molecular complexity index is 452. The Hall–Kier alpha value is -0.780. The highest BCUT2D eigenvalue weighted by Gasteiger charge is 2.22. The zero-order chi connectivity index (χ0) is 14.5. The first kappa shape index (κ1) is 15.6. The molecule has 2 N–H and O–H groups in total. The third-order valence-corrected chi connectivity index (χ3v) is 4.49. The van der Waals surface area contributed by atoms with Crippen molar-refractivity contribution in [1.82, 2.24) is 10.2 Å². The van der Waals surface area contributed by atoms with Gasteiger partial charge in [-0.05, 0) is 60.1 Å². The second-order valence-corrected chi connectivity index (χ2v) is 6.16. The molecule has 1 aliphatic rings. The molecule has 0 aromatic heterocycles. The maximum Gasteiger partial charge on any atom is 0.172 e. The molecular weight excluding hydrogens is 320 g/mol. The molecular formula is C15H23BrN2O2. The summed E-state index contributed by atoms with van der Waals surface area (Å²) in [5.74, 6) is 0.693. The zero-order valence-electron chi connectivity index (χ0n) is 12.2. The lowest BCUT2D eigenvalue weighted by molar-refractivity contribution is 0.139. The van der Waals surface area contributed by atoms with E-state index in [-0.39, 0.29) is 5.75 Å². The summed E-state index contributed by atoms with van der Waals surface area (Å²) in [4.78, 5) is 2.51. The molecule has 2 rings (SSSR count). The molecule has 0 amide bonds. The van der Waals surface area contributed by atoms with Gasteiger partial charge in [0.2, 0.25) is 0 Å². The molecule has 4 nitrogen and oxygen atoms in total. The van der Waals surface area contributed by atoms with E-state index in [1.54, 1.807) is 7.11 Å². The molecule has 1 heterocycles. The quantitative estimate of drug-likeness (QED) is 0.863. The average molecular weight is 343 g/mol. The number of methoxy groups -OCH3 is 1. The van der Waals surface area contributed by atoms with Crippen LogP contribution in [0, 0.1) is 0 Å². The van der Waals surface area contributed by atoms with Gasteiger partial charge < -0.3 is 15.2 Å². The van der Waals surface area contributed by atoms with E-state index in [1.165, 1.54) is 19.3 Å². The maximum atomic E-state index is 9.87. The van der Waals surface area contributed by atoms with Crippen LogP contribution < -0.4 is 10.1 Å². The molecule has 1 fully saturated rings. The van der Waals surface area contributed by atoms with Crippen molar-refractivity contribution in [1.29, 1.82) is 0 Å². The van der Waals surface area contributed by atoms with Gasteiger partial charge in [-0.25, -0.2) is 0 Å². The molecule has 0 bridgehead atoms. The average Bonchev–Trinajstić information content (AvgIpc) is 2.45. The van der Waals surface area contributed by atoms with Gasteiger partial charge in [-0.1, -0.05) is 6.42 Å². The number of hydrogen-bond donors (Lipinski definition) is 2. The van der Waals surface area contributed by atoms with Crippen LogP contribution in [-0.2, 0) is 6.54 Å². The van der Waals surface area contributed by atoms with Crippen molar-refractivity contribution in [2.75, 3.05) is 27.2 Å². The summed E-state index contributed by atoms with van der Waals surface area (Å²) in [6.07, 6.45) is 3.82. The second kappa shape index (κ2) is 7.29. The normalized spacial score (nSPS) is 20.1. The van der Waals surface area contributed by atoms with E-state index < -0.39 is 0 Å². The van der Waals surface area contributed by atoms with Crippen molar-refractivity contribution in [3.8, 4) is 11.5 Å². The lowest BCUT2D eigenvalue weighted by Gasteiger charge is -2.35. The molecule has 0 saturated carbocycles. The van der Waals surface area contributed by atoms with Crippen molar-refractivity contribution in [3.05, 3.63) is 22.2 Å². The Morgan fingerprint density at radius 2 is 2.25 bits per heavy atom. The van der Waals surface area contributed by atoms with E-state index in [0.717, 1.165) is 25.2 Å². The number of hydrogen-bond acceptors (Lipinski definition) is 4. The summed E-state index contributed by atoms with van der Waals surface area (Å²) >= 11 is 3.39. The van der Waals surface area contributed by atoms with Crippen LogP contribution in [0.5, 0.6) is 11.5 Å². The van der Waals surface area contributed by atoms with Crippen LogP contribution in [0.2, 0.25) is 0 Å². The van der Waals surface area contributed by atoms with Crippen LogP contribution in [0.1, 0.15) is 24.8 Å². The summed E-state index contributed by atoms with van der Waals surface area (Å²) in [7, 11) is 3.59. The Kier molecular flexibility index (Phi) is 5.69. The largest absolute Gasteiger partial charge is 0.503 e. The van der Waals surface area contributed by atoms with Crippen molar-refractivity contribution >= 4 is 15.9 Å². The predicted octanol–water partition coefficient (Wildman–Crippen LogP) is 2.74. The number of halogens is 1. The van der Waals surface area contributed by atoms with Crippen LogP contribution in [0.3, 0.4) is 0 Å². The second-order valence-electron chi connectivity index (χ2n) is 5.31. The number of likely N-dealkylation sites (N-methyl/N-ethyl adjacent to an activating group) is 1. The van der Waals surface area contributed by atoms with E-state index >= 15 is 0 Å². The first-order chi connectivity index (χ1) is 9.65. The molecule has 20 heavy (non-hydrogen) atoms. The summed E-state index contributed by atoms with van der Waals surface area (Å²) in [5, 5.41) is 13.1. The van der Waals surface area contributed by atoms with Crippen molar-refractivity contribution in [2.24, 2.45) is 0 Å². The molecule has 0 aliphatic carbocycles. The smallest absolute Gasteiger partial charge is 0.172 e. The standard InChI is InChI=1S/C15H23BrN2O2/c1-17-9-12-5-3-4-6-18(12)10-11-7-13(16)15(19)14(8-11)20-2/h7-8,12,17,19H,3-6,9-10H2,1-2H3. The number of nitrogens with one attached hydrogen (secondary N) is 1. The molecule has 1 atom stereocenters. The Morgan fingerprint density at radius 3 is 2.95 bits per heavy atom. The first-order valence-corrected chi connectivity index (χ1v) is 7.89. The van der Waals surface area contributed by atoms with Gasteiger partial charge in [-0.3, -0.25) is 4.90 Å². The monoisotopic (exact) mass is 342 g/mol. The minimum Gasteiger partial charge on any atom is -0.503 e. The number of phenolic OH excluding ortho intramolecular Hbond substituents is 1. The first-order valence-electron chi connectivity index (χ1n) is 7.09. The van der Waals surface area contributed by atoms with Crippen molar-refractivity contribution in [3.63, 3.8) is 0 Å². The number of phenols is 1. The zero-order valence-corrected chi connectivity index (χ0v) is 13.7. The maximum absolute atomic E-state index is 9.87. The fraction of sp³-hybridized carbons (Fsp3) is 0.600. The Balaban J connectivity index is 2.13. The Labute approximate surface area is 129 Å². The molecule has 1 aliphatic heterocycles. The van der Waals surface area contributed by atoms with E-state index in [9.17, 15) is 5.11 Å². The molecule has 1 unspecified atom stereocenters. The summed E-state index contributed by atoms with van der Waals surface area (Å²) in [6.45, 7) is 3.05. The van der Waals surface area contributed by atoms with Gasteiger partial charge in [0, 0.05) is 19.1 Å². The van der Waals surface area contributed by atoms with Gasteiger partial charge in [-0.15, -0.1) is 0 Å². The molecule has 1 aromatic rings. The van der Waals surface area contributed by atoms with Gasteiger partial charge in [0.1, 0.15) is 0 Å². The van der Waals surface area contributed by atoms with E-state index in [2.05, 4.69) is 26.1 Å². The topological polar surface area (TPSA) is 44.7 Å². The third kappa shape index (κ3) is 3.65. The van der Waals surface area contributed by atoms with Gasteiger partial charge >= 0.3 is 0 Å². The van der Waals surface area contributed by atoms with Crippen molar-refractivity contribution < 1.29 is 9.84 Å². The van der Waals surface area contributed by atoms with Crippen LogP contribution in [0.25, 0.3) is 0 Å². The molecule has 5 heteroatoms. The number of ether oxygens (including phenoxy) is 1. The highest BCUT2D eigenvalue weighted by Crippen LogP contribution is 2.35. The number of aromatic hydroxyl groups is 1. The van der Waals surface area contributed by atoms with Crippen LogP contribution in [0.15, 0.2) is 16.6 Å². The van der Waals surface area contributed by atoms with Crippen molar-refractivity contribution in [2.45, 2.75) is 31.8 Å². The van der Waals surface area contributed by atoms with Gasteiger partial charge in [0.15, 0.2) is 11.5 Å². The van der Waals surface area contributed by atoms with Gasteiger partial charge in [0.25, 0.3) is 0 Å². The molecule has 112 valence electrons. The fourth-order valence-electron chi connectivity index (χ4n) is 2.84. The number of nitrogens with zero attached hydrogens (tertiary/aromatic N) is 1. The molecule has 1 saturated heterocycles. The third-order valence-electron chi connectivity index (χ3n) is 3.88. The molecule has 1 aromatic carbocycles.